The van der Waals surface area contributed by atoms with Crippen LogP contribution in [0, 0.1) is 11.8 Å². The van der Waals surface area contributed by atoms with Gasteiger partial charge >= 0.3 is 0 Å². The molecule has 2 aliphatic rings. The quantitative estimate of drug-likeness (QED) is 0.624. The van der Waals surface area contributed by atoms with Gasteiger partial charge in [-0.25, -0.2) is 0 Å². The number of aliphatic hydroxyl groups excluding tert-OH is 2. The molecule has 7 atom stereocenters. The molecule has 2 heterocycles. The van der Waals surface area contributed by atoms with Gasteiger partial charge in [0.1, 0.15) is 0 Å². The number of fused-ring (bicyclic) bond motifs is 2. The Bertz CT molecular complexity index is 624. The zero-order valence-electron chi connectivity index (χ0n) is 16.6. The van der Waals surface area contributed by atoms with Gasteiger partial charge in [-0.3, -0.25) is 0 Å². The Balaban J connectivity index is 1.59. The van der Waals surface area contributed by atoms with Crippen LogP contribution < -0.4 is 0 Å². The summed E-state index contributed by atoms with van der Waals surface area (Å²) in [7, 11) is 0. The smallest absolute Gasteiger partial charge is 0.0786 e. The van der Waals surface area contributed by atoms with Crippen molar-refractivity contribution >= 4 is 0 Å². The fourth-order valence-electron chi connectivity index (χ4n) is 4.42. The van der Waals surface area contributed by atoms with Crippen LogP contribution in [0.15, 0.2) is 54.6 Å². The van der Waals surface area contributed by atoms with E-state index in [1.807, 2.05) is 31.2 Å². The Morgan fingerprint density at radius 1 is 1.11 bits per heavy atom. The summed E-state index contributed by atoms with van der Waals surface area (Å²) in [6, 6.07) is 10.2. The normalized spacial score (nSPS) is 31.0. The van der Waals surface area contributed by atoms with Crippen LogP contribution in [-0.2, 0) is 4.74 Å². The third kappa shape index (κ3) is 5.10. The fourth-order valence-corrected chi connectivity index (χ4v) is 4.42. The summed E-state index contributed by atoms with van der Waals surface area (Å²) < 4.78 is 6.16. The van der Waals surface area contributed by atoms with Crippen molar-refractivity contribution in [2.75, 3.05) is 0 Å². The Kier molecular flexibility index (Phi) is 7.28. The van der Waals surface area contributed by atoms with E-state index in [1.54, 1.807) is 0 Å². The summed E-state index contributed by atoms with van der Waals surface area (Å²) >= 11 is 0. The summed E-state index contributed by atoms with van der Waals surface area (Å²) in [5.41, 5.74) is 1.16. The minimum atomic E-state index is -0.484. The van der Waals surface area contributed by atoms with Crippen molar-refractivity contribution in [1.29, 1.82) is 0 Å². The summed E-state index contributed by atoms with van der Waals surface area (Å²) in [6.45, 7) is 4.08. The molecule has 3 heteroatoms. The molecule has 0 amide bonds. The number of hydrogen-bond acceptors (Lipinski definition) is 3. The predicted octanol–water partition coefficient (Wildman–Crippen LogP) is 4.61. The molecule has 0 spiro atoms. The topological polar surface area (TPSA) is 49.7 Å². The van der Waals surface area contributed by atoms with Crippen LogP contribution in [-0.4, -0.2) is 34.6 Å². The Labute approximate surface area is 163 Å². The summed E-state index contributed by atoms with van der Waals surface area (Å²) in [5, 5.41) is 20.3. The maximum absolute atomic E-state index is 10.6. The lowest BCUT2D eigenvalue weighted by Gasteiger charge is -2.25. The summed E-state index contributed by atoms with van der Waals surface area (Å²) in [4.78, 5) is 0. The standard InChI is InChI=1S/C24H34O3/c1-3-19(25)11-7-8-12-20-21(24-16-15-23(20)27-24)13-14-22(26)17(2)18-9-5-4-6-10-18/h4-10,13-14,17,19-26H,3,11-12,15-16H2,1-2H3/b8-7-,14-13+/t17?,19-,20-,21?,22?,23-,24-/m1/s1. The molecule has 0 saturated carbocycles. The molecule has 2 bridgehead atoms. The molecule has 0 aromatic heterocycles. The predicted molar refractivity (Wildman–Crippen MR) is 110 cm³/mol. The van der Waals surface area contributed by atoms with Gasteiger partial charge in [-0.2, -0.15) is 0 Å². The van der Waals surface area contributed by atoms with Gasteiger partial charge in [0.15, 0.2) is 0 Å². The average molecular weight is 371 g/mol. The molecule has 27 heavy (non-hydrogen) atoms. The second kappa shape index (κ2) is 9.68. The van der Waals surface area contributed by atoms with Crippen molar-refractivity contribution in [3.05, 3.63) is 60.2 Å². The fraction of sp³-hybridized carbons (Fsp3) is 0.583. The highest BCUT2D eigenvalue weighted by Crippen LogP contribution is 2.46. The summed E-state index contributed by atoms with van der Waals surface area (Å²) in [5.74, 6) is 0.937. The molecule has 148 valence electrons. The van der Waals surface area contributed by atoms with E-state index in [0.717, 1.165) is 37.7 Å². The first-order valence-corrected chi connectivity index (χ1v) is 10.5. The van der Waals surface area contributed by atoms with Crippen LogP contribution in [0.25, 0.3) is 0 Å². The number of benzene rings is 1. The first-order valence-electron chi connectivity index (χ1n) is 10.5. The number of hydrogen-bond donors (Lipinski definition) is 2. The Hall–Kier alpha value is -1.42. The van der Waals surface area contributed by atoms with Gasteiger partial charge in [-0.05, 0) is 43.6 Å². The minimum Gasteiger partial charge on any atom is -0.393 e. The number of allylic oxidation sites excluding steroid dienone is 1. The first-order chi connectivity index (χ1) is 13.1. The second-order valence-corrected chi connectivity index (χ2v) is 8.11. The summed E-state index contributed by atoms with van der Waals surface area (Å²) in [6.07, 6.45) is 13.2. The Morgan fingerprint density at radius 2 is 1.85 bits per heavy atom. The molecule has 0 radical (unpaired) electrons. The highest BCUT2D eigenvalue weighted by Gasteiger charge is 2.46. The molecule has 2 aliphatic heterocycles. The molecule has 0 aliphatic carbocycles. The van der Waals surface area contributed by atoms with E-state index in [1.165, 1.54) is 0 Å². The van der Waals surface area contributed by atoms with Crippen LogP contribution in [0.1, 0.15) is 57.4 Å². The lowest BCUT2D eigenvalue weighted by Crippen LogP contribution is -2.26. The van der Waals surface area contributed by atoms with E-state index in [0.29, 0.717) is 24.0 Å². The first kappa shape index (κ1) is 20.3. The van der Waals surface area contributed by atoms with Crippen molar-refractivity contribution < 1.29 is 14.9 Å². The van der Waals surface area contributed by atoms with Crippen molar-refractivity contribution in [3.63, 3.8) is 0 Å². The van der Waals surface area contributed by atoms with Crippen LogP contribution >= 0.6 is 0 Å². The molecule has 3 nitrogen and oxygen atoms in total. The molecule has 1 aromatic rings. The highest BCUT2D eigenvalue weighted by molar-refractivity contribution is 5.22. The lowest BCUT2D eigenvalue weighted by atomic mass is 9.77. The van der Waals surface area contributed by atoms with E-state index in [4.69, 9.17) is 4.74 Å². The van der Waals surface area contributed by atoms with Gasteiger partial charge in [0.2, 0.25) is 0 Å². The zero-order valence-corrected chi connectivity index (χ0v) is 16.6. The van der Waals surface area contributed by atoms with Crippen LogP contribution in [0.4, 0.5) is 0 Å². The van der Waals surface area contributed by atoms with Crippen molar-refractivity contribution in [2.45, 2.75) is 76.3 Å². The van der Waals surface area contributed by atoms with Gasteiger partial charge in [-0.1, -0.05) is 68.5 Å². The second-order valence-electron chi connectivity index (χ2n) is 8.11. The van der Waals surface area contributed by atoms with Gasteiger partial charge in [0.25, 0.3) is 0 Å². The molecule has 3 rings (SSSR count). The lowest BCUT2D eigenvalue weighted by molar-refractivity contribution is 0.0899. The number of aliphatic hydroxyl groups is 2. The third-order valence-electron chi connectivity index (χ3n) is 6.31. The van der Waals surface area contributed by atoms with E-state index >= 15 is 0 Å². The molecular weight excluding hydrogens is 336 g/mol. The number of rotatable bonds is 9. The third-order valence-corrected chi connectivity index (χ3v) is 6.31. The van der Waals surface area contributed by atoms with Gasteiger partial charge < -0.3 is 14.9 Å². The minimum absolute atomic E-state index is 0.0795. The van der Waals surface area contributed by atoms with Gasteiger partial charge in [-0.15, -0.1) is 0 Å². The SMILES string of the molecule is CC[C@@H](O)C/C=C\C[C@@H]1C(/C=C/C(O)C(C)c2ccccc2)[C@H]2CC[C@H]1O2. The molecule has 2 saturated heterocycles. The van der Waals surface area contributed by atoms with Crippen molar-refractivity contribution in [2.24, 2.45) is 11.8 Å². The van der Waals surface area contributed by atoms with Gasteiger partial charge in [0, 0.05) is 11.8 Å². The number of ether oxygens (including phenoxy) is 1. The monoisotopic (exact) mass is 370 g/mol. The van der Waals surface area contributed by atoms with E-state index in [9.17, 15) is 10.2 Å². The van der Waals surface area contributed by atoms with Crippen molar-refractivity contribution in [3.8, 4) is 0 Å². The van der Waals surface area contributed by atoms with Crippen LogP contribution in [0.3, 0.4) is 0 Å². The zero-order chi connectivity index (χ0) is 19.2. The van der Waals surface area contributed by atoms with Gasteiger partial charge in [0.05, 0.1) is 24.4 Å². The van der Waals surface area contributed by atoms with E-state index < -0.39 is 6.10 Å². The highest BCUT2D eigenvalue weighted by atomic mass is 16.5. The van der Waals surface area contributed by atoms with E-state index in [-0.39, 0.29) is 12.0 Å². The van der Waals surface area contributed by atoms with Crippen LogP contribution in [0.2, 0.25) is 0 Å². The maximum Gasteiger partial charge on any atom is 0.0786 e. The Morgan fingerprint density at radius 3 is 2.59 bits per heavy atom. The van der Waals surface area contributed by atoms with E-state index in [2.05, 4.69) is 37.3 Å². The molecule has 2 fully saturated rings. The largest absolute Gasteiger partial charge is 0.393 e. The molecule has 3 unspecified atom stereocenters. The molecular formula is C24H34O3. The van der Waals surface area contributed by atoms with Crippen LogP contribution in [0.5, 0.6) is 0 Å². The van der Waals surface area contributed by atoms with Crippen molar-refractivity contribution in [1.82, 2.24) is 0 Å². The maximum atomic E-state index is 10.6. The molecule has 1 aromatic carbocycles. The average Bonchev–Trinajstić information content (AvgIpc) is 3.31. The molecule has 2 N–H and O–H groups in total.